The average Bonchev–Trinajstić information content (AvgIpc) is 2.74. The summed E-state index contributed by atoms with van der Waals surface area (Å²) in [6, 6.07) is 12.8. The average molecular weight is 529 g/mol. The molecular weight excluding hydrogens is 497 g/mol. The maximum Gasteiger partial charge on any atom is 0.242 e. The summed E-state index contributed by atoms with van der Waals surface area (Å²) in [4.78, 5) is 27.4. The summed E-state index contributed by atoms with van der Waals surface area (Å²) < 4.78 is 25.9. The fraction of sp³-hybridized carbons (Fsp3) is 0.417. The topological polar surface area (TPSA) is 86.8 Å². The molecule has 0 aliphatic heterocycles. The van der Waals surface area contributed by atoms with Crippen molar-refractivity contribution in [2.45, 2.75) is 52.2 Å². The van der Waals surface area contributed by atoms with Gasteiger partial charge in [0.25, 0.3) is 0 Å². The molecule has 1 N–H and O–H groups in total. The zero-order valence-corrected chi connectivity index (χ0v) is 22.1. The lowest BCUT2D eigenvalue weighted by molar-refractivity contribution is -0.140. The SMILES string of the molecule is CC(C)NC(=O)[C@H](C)N(Cc1ccc(Cl)cc1)C(=O)CCCN(c1cccc(Cl)c1)S(C)(=O)=O. The van der Waals surface area contributed by atoms with Crippen molar-refractivity contribution < 1.29 is 18.0 Å². The van der Waals surface area contributed by atoms with Gasteiger partial charge in [-0.05, 0) is 63.1 Å². The molecule has 2 amide bonds. The smallest absolute Gasteiger partial charge is 0.242 e. The fourth-order valence-corrected chi connectivity index (χ4v) is 4.68. The number of amides is 2. The first-order valence-corrected chi connectivity index (χ1v) is 13.6. The van der Waals surface area contributed by atoms with Crippen molar-refractivity contribution in [2.75, 3.05) is 17.1 Å². The van der Waals surface area contributed by atoms with Crippen LogP contribution in [0.1, 0.15) is 39.2 Å². The Labute approximate surface area is 212 Å². The van der Waals surface area contributed by atoms with Gasteiger partial charge >= 0.3 is 0 Å². The highest BCUT2D eigenvalue weighted by Crippen LogP contribution is 2.23. The van der Waals surface area contributed by atoms with Crippen molar-refractivity contribution >= 4 is 50.7 Å². The maximum absolute atomic E-state index is 13.2. The third-order valence-corrected chi connectivity index (χ3v) is 6.79. The summed E-state index contributed by atoms with van der Waals surface area (Å²) in [6.45, 7) is 5.72. The van der Waals surface area contributed by atoms with Gasteiger partial charge in [0, 0.05) is 35.6 Å². The number of rotatable bonds is 11. The molecule has 0 aliphatic rings. The van der Waals surface area contributed by atoms with Crippen molar-refractivity contribution in [1.29, 1.82) is 0 Å². The van der Waals surface area contributed by atoms with Gasteiger partial charge in [0.2, 0.25) is 21.8 Å². The standard InChI is InChI=1S/C24H31Cl2N3O4S/c1-17(2)27-24(31)18(3)28(16-19-10-12-20(25)13-11-19)23(30)9-6-14-29(34(4,32)33)22-8-5-7-21(26)15-22/h5,7-8,10-13,15,17-18H,6,9,14,16H2,1-4H3,(H,27,31)/t18-/m0/s1. The molecule has 2 rings (SSSR count). The van der Waals surface area contributed by atoms with Crippen LogP contribution < -0.4 is 9.62 Å². The van der Waals surface area contributed by atoms with Crippen molar-refractivity contribution in [3.05, 3.63) is 64.1 Å². The molecule has 0 radical (unpaired) electrons. The Morgan fingerprint density at radius 1 is 1.00 bits per heavy atom. The van der Waals surface area contributed by atoms with Gasteiger partial charge in [-0.2, -0.15) is 0 Å². The maximum atomic E-state index is 13.2. The first-order valence-electron chi connectivity index (χ1n) is 11.0. The highest BCUT2D eigenvalue weighted by atomic mass is 35.5. The number of hydrogen-bond acceptors (Lipinski definition) is 4. The van der Waals surface area contributed by atoms with Gasteiger partial charge in [0.05, 0.1) is 11.9 Å². The van der Waals surface area contributed by atoms with Gasteiger partial charge in [0.15, 0.2) is 0 Å². The quantitative estimate of drug-likeness (QED) is 0.466. The predicted octanol–water partition coefficient (Wildman–Crippen LogP) is 4.48. The van der Waals surface area contributed by atoms with Gasteiger partial charge < -0.3 is 10.2 Å². The molecule has 0 bridgehead atoms. The van der Waals surface area contributed by atoms with Gasteiger partial charge in [-0.15, -0.1) is 0 Å². The van der Waals surface area contributed by atoms with Crippen LogP contribution in [0.5, 0.6) is 0 Å². The zero-order chi connectivity index (χ0) is 25.5. The van der Waals surface area contributed by atoms with Crippen LogP contribution in [0.25, 0.3) is 0 Å². The van der Waals surface area contributed by atoms with E-state index in [9.17, 15) is 18.0 Å². The molecule has 0 aromatic heterocycles. The Bertz CT molecular complexity index is 1090. The summed E-state index contributed by atoms with van der Waals surface area (Å²) in [5.41, 5.74) is 1.27. The lowest BCUT2D eigenvalue weighted by atomic mass is 10.1. The number of nitrogens with zero attached hydrogens (tertiary/aromatic N) is 2. The van der Waals surface area contributed by atoms with Crippen LogP contribution in [0, 0.1) is 0 Å². The third kappa shape index (κ3) is 8.49. The minimum atomic E-state index is -3.58. The molecule has 0 saturated heterocycles. The summed E-state index contributed by atoms with van der Waals surface area (Å²) in [5, 5.41) is 3.84. The van der Waals surface area contributed by atoms with E-state index in [2.05, 4.69) is 5.32 Å². The Kier molecular flexibility index (Phi) is 10.2. The minimum Gasteiger partial charge on any atom is -0.352 e. The largest absolute Gasteiger partial charge is 0.352 e. The van der Waals surface area contributed by atoms with Crippen LogP contribution in [0.4, 0.5) is 5.69 Å². The van der Waals surface area contributed by atoms with Crippen LogP contribution in [-0.4, -0.2) is 50.0 Å². The highest BCUT2D eigenvalue weighted by Gasteiger charge is 2.27. The van der Waals surface area contributed by atoms with E-state index in [0.717, 1.165) is 11.8 Å². The van der Waals surface area contributed by atoms with Gasteiger partial charge in [-0.25, -0.2) is 8.42 Å². The van der Waals surface area contributed by atoms with Crippen LogP contribution in [0.3, 0.4) is 0 Å². The van der Waals surface area contributed by atoms with Crippen molar-refractivity contribution in [1.82, 2.24) is 10.2 Å². The van der Waals surface area contributed by atoms with E-state index >= 15 is 0 Å². The van der Waals surface area contributed by atoms with E-state index in [-0.39, 0.29) is 43.8 Å². The second-order valence-corrected chi connectivity index (χ2v) is 11.2. The second kappa shape index (κ2) is 12.4. The summed E-state index contributed by atoms with van der Waals surface area (Å²) in [5.74, 6) is -0.505. The van der Waals surface area contributed by atoms with Gasteiger partial charge in [-0.3, -0.25) is 13.9 Å². The van der Waals surface area contributed by atoms with Gasteiger partial charge in [0.1, 0.15) is 6.04 Å². The monoisotopic (exact) mass is 527 g/mol. The Hall–Kier alpha value is -2.29. The summed E-state index contributed by atoms with van der Waals surface area (Å²) >= 11 is 12.0. The van der Waals surface area contributed by atoms with E-state index in [1.165, 1.54) is 9.21 Å². The number of carbonyl (C=O) groups is 2. The zero-order valence-electron chi connectivity index (χ0n) is 19.8. The molecule has 2 aromatic carbocycles. The lowest BCUT2D eigenvalue weighted by Crippen LogP contribution is -2.49. The molecule has 0 saturated carbocycles. The molecule has 0 heterocycles. The van der Waals surface area contributed by atoms with Crippen LogP contribution in [0.15, 0.2) is 48.5 Å². The van der Waals surface area contributed by atoms with E-state index in [0.29, 0.717) is 15.7 Å². The number of benzene rings is 2. The number of anilines is 1. The number of carbonyl (C=O) groups excluding carboxylic acids is 2. The molecule has 0 aliphatic carbocycles. The molecule has 0 fully saturated rings. The van der Waals surface area contributed by atoms with E-state index < -0.39 is 16.1 Å². The van der Waals surface area contributed by atoms with Gasteiger partial charge in [-0.1, -0.05) is 41.4 Å². The van der Waals surface area contributed by atoms with Crippen LogP contribution in [-0.2, 0) is 26.2 Å². The molecule has 186 valence electrons. The van der Waals surface area contributed by atoms with Crippen molar-refractivity contribution in [3.8, 4) is 0 Å². The molecule has 34 heavy (non-hydrogen) atoms. The number of halogens is 2. The molecular formula is C24H31Cl2N3O4S. The second-order valence-electron chi connectivity index (χ2n) is 8.41. The highest BCUT2D eigenvalue weighted by molar-refractivity contribution is 7.92. The molecule has 0 spiro atoms. The summed E-state index contributed by atoms with van der Waals surface area (Å²) in [7, 11) is -3.58. The minimum absolute atomic E-state index is 0.0663. The third-order valence-electron chi connectivity index (χ3n) is 5.11. The summed E-state index contributed by atoms with van der Waals surface area (Å²) in [6.07, 6.45) is 1.45. The fourth-order valence-electron chi connectivity index (χ4n) is 3.41. The van der Waals surface area contributed by atoms with Crippen molar-refractivity contribution in [3.63, 3.8) is 0 Å². The number of nitrogens with one attached hydrogen (secondary N) is 1. The predicted molar refractivity (Wildman–Crippen MR) is 138 cm³/mol. The van der Waals surface area contributed by atoms with Crippen molar-refractivity contribution in [2.24, 2.45) is 0 Å². The Balaban J connectivity index is 2.16. The normalized spacial score (nSPS) is 12.3. The molecule has 1 atom stereocenters. The first-order chi connectivity index (χ1) is 15.9. The number of hydrogen-bond donors (Lipinski definition) is 1. The number of sulfonamides is 1. The van der Waals surface area contributed by atoms with Crippen LogP contribution in [0.2, 0.25) is 10.0 Å². The Morgan fingerprint density at radius 3 is 2.21 bits per heavy atom. The Morgan fingerprint density at radius 2 is 1.65 bits per heavy atom. The van der Waals surface area contributed by atoms with E-state index in [1.807, 2.05) is 13.8 Å². The molecule has 10 heteroatoms. The lowest BCUT2D eigenvalue weighted by Gasteiger charge is -2.30. The van der Waals surface area contributed by atoms with E-state index in [4.69, 9.17) is 23.2 Å². The van der Waals surface area contributed by atoms with Crippen LogP contribution >= 0.6 is 23.2 Å². The molecule has 7 nitrogen and oxygen atoms in total. The first kappa shape index (κ1) is 28.0. The molecule has 2 aromatic rings. The molecule has 0 unspecified atom stereocenters. The van der Waals surface area contributed by atoms with E-state index in [1.54, 1.807) is 55.5 Å².